The third kappa shape index (κ3) is 10.6. The van der Waals surface area contributed by atoms with Gasteiger partial charge in [0.2, 0.25) is 0 Å². The number of allylic oxidation sites excluding steroid dienone is 1. The smallest absolute Gasteiger partial charge is 0.306 e. The molecule has 0 saturated heterocycles. The van der Waals surface area contributed by atoms with Crippen molar-refractivity contribution in [3.05, 3.63) is 60.2 Å². The first kappa shape index (κ1) is 42.8. The molecule has 4 nitrogen and oxygen atoms in total. The molecule has 0 aliphatic heterocycles. The molecule has 0 heterocycles. The normalized spacial score (nSPS) is 28.8. The number of hydrogen-bond donors (Lipinski definition) is 0. The van der Waals surface area contributed by atoms with Crippen LogP contribution in [0.1, 0.15) is 169 Å². The first-order valence-corrected chi connectivity index (χ1v) is 23.4. The van der Waals surface area contributed by atoms with E-state index in [0.717, 1.165) is 85.7 Å². The van der Waals surface area contributed by atoms with E-state index in [4.69, 9.17) is 14.2 Å². The van der Waals surface area contributed by atoms with Gasteiger partial charge in [-0.05, 0) is 140 Å². The van der Waals surface area contributed by atoms with Crippen LogP contribution in [0.2, 0.25) is 0 Å². The van der Waals surface area contributed by atoms with E-state index in [2.05, 4.69) is 77.1 Å². The van der Waals surface area contributed by atoms with Gasteiger partial charge in [-0.25, -0.2) is 0 Å². The highest BCUT2D eigenvalue weighted by Gasteiger charge is 2.59. The molecule has 8 atom stereocenters. The zero-order valence-electron chi connectivity index (χ0n) is 36.4. The van der Waals surface area contributed by atoms with Crippen LogP contribution in [0.5, 0.6) is 11.5 Å². The van der Waals surface area contributed by atoms with E-state index in [-0.39, 0.29) is 12.1 Å². The van der Waals surface area contributed by atoms with Gasteiger partial charge in [0, 0.05) is 12.8 Å². The Hall–Kier alpha value is -2.75. The number of hydrogen-bond acceptors (Lipinski definition) is 4. The van der Waals surface area contributed by atoms with E-state index in [0.29, 0.717) is 17.3 Å². The molecule has 0 amide bonds. The molecule has 2 aromatic rings. The van der Waals surface area contributed by atoms with Crippen LogP contribution in [0.15, 0.2) is 60.2 Å². The van der Waals surface area contributed by atoms with Gasteiger partial charge in [-0.3, -0.25) is 4.79 Å². The molecule has 0 radical (unpaired) electrons. The van der Waals surface area contributed by atoms with Gasteiger partial charge < -0.3 is 14.2 Å². The fourth-order valence-corrected chi connectivity index (χ4v) is 12.3. The van der Waals surface area contributed by atoms with Crippen LogP contribution in [-0.4, -0.2) is 25.8 Å². The molecule has 310 valence electrons. The molecule has 0 bridgehead atoms. The maximum atomic E-state index is 12.9. The highest BCUT2D eigenvalue weighted by atomic mass is 16.5. The first-order chi connectivity index (χ1) is 27.1. The van der Waals surface area contributed by atoms with Crippen molar-refractivity contribution in [1.29, 1.82) is 0 Å². The largest absolute Gasteiger partial charge is 0.497 e. The SMILES string of the molecule is COc1ccc(-c2ccc(OCCCCCCCCCCCC(=O)O[C@H]3CC[C@@]4(C)C(=CC[C@H]5[C@@H]6CC[C@H]([C@H](C)CCCC(C)C)[C@@]6(C)CC[C@@H]54)C3)cc2)cc1. The van der Waals surface area contributed by atoms with Crippen LogP contribution in [0, 0.1) is 46.3 Å². The average molecular weight is 767 g/mol. The Bertz CT molecular complexity index is 1520. The highest BCUT2D eigenvalue weighted by Crippen LogP contribution is 2.67. The number of esters is 1. The van der Waals surface area contributed by atoms with E-state index in [9.17, 15) is 4.79 Å². The third-order valence-electron chi connectivity index (χ3n) is 15.6. The standard InChI is InChI=1S/C52H78O4/c1-38(2)17-16-18-39(3)47-30-31-48-46-29-24-42-37-45(32-34-51(42,4)49(46)33-35-52(47,48)5)56-50(53)19-14-12-10-8-7-9-11-13-15-36-55-44-27-22-41(23-28-44)40-20-25-43(54-6)26-21-40/h20-28,38-39,45-49H,7-19,29-37H2,1-6H3/t39-,45+,46+,47-,48+,49+,51+,52-/m1/s1. The van der Waals surface area contributed by atoms with Crippen molar-refractivity contribution < 1.29 is 19.0 Å². The molecule has 4 aliphatic carbocycles. The Morgan fingerprint density at radius 3 is 2.02 bits per heavy atom. The van der Waals surface area contributed by atoms with Gasteiger partial charge >= 0.3 is 5.97 Å². The van der Waals surface area contributed by atoms with Gasteiger partial charge in [0.05, 0.1) is 13.7 Å². The van der Waals surface area contributed by atoms with Crippen LogP contribution in [0.25, 0.3) is 11.1 Å². The van der Waals surface area contributed by atoms with E-state index in [1.54, 1.807) is 12.7 Å². The van der Waals surface area contributed by atoms with Crippen LogP contribution in [-0.2, 0) is 9.53 Å². The van der Waals surface area contributed by atoms with Crippen molar-refractivity contribution in [3.8, 4) is 22.6 Å². The zero-order valence-corrected chi connectivity index (χ0v) is 36.4. The molecule has 3 fully saturated rings. The van der Waals surface area contributed by atoms with Crippen molar-refractivity contribution in [2.24, 2.45) is 46.3 Å². The van der Waals surface area contributed by atoms with Crippen molar-refractivity contribution in [2.75, 3.05) is 13.7 Å². The number of methoxy groups -OCH3 is 1. The van der Waals surface area contributed by atoms with Crippen LogP contribution < -0.4 is 9.47 Å². The molecule has 56 heavy (non-hydrogen) atoms. The van der Waals surface area contributed by atoms with Gasteiger partial charge in [-0.15, -0.1) is 0 Å². The number of unbranched alkanes of at least 4 members (excludes halogenated alkanes) is 8. The summed E-state index contributed by atoms with van der Waals surface area (Å²) in [5.74, 6) is 7.04. The van der Waals surface area contributed by atoms with E-state index >= 15 is 0 Å². The Morgan fingerprint density at radius 2 is 1.36 bits per heavy atom. The summed E-state index contributed by atoms with van der Waals surface area (Å²) in [4.78, 5) is 12.9. The molecule has 4 heteroatoms. The van der Waals surface area contributed by atoms with Gasteiger partial charge in [0.1, 0.15) is 17.6 Å². The second kappa shape index (κ2) is 20.3. The Kier molecular flexibility index (Phi) is 15.5. The van der Waals surface area contributed by atoms with Crippen LogP contribution in [0.4, 0.5) is 0 Å². The summed E-state index contributed by atoms with van der Waals surface area (Å²) in [7, 11) is 1.69. The van der Waals surface area contributed by atoms with Crippen molar-refractivity contribution in [3.63, 3.8) is 0 Å². The Balaban J connectivity index is 0.803. The maximum absolute atomic E-state index is 12.9. The second-order valence-electron chi connectivity index (χ2n) is 19.7. The molecule has 0 aromatic heterocycles. The number of ether oxygens (including phenoxy) is 3. The molecular weight excluding hydrogens is 689 g/mol. The van der Waals surface area contributed by atoms with E-state index < -0.39 is 0 Å². The van der Waals surface area contributed by atoms with Gasteiger partial charge in [-0.2, -0.15) is 0 Å². The minimum Gasteiger partial charge on any atom is -0.497 e. The number of benzene rings is 2. The molecule has 6 rings (SSSR count). The van der Waals surface area contributed by atoms with E-state index in [1.807, 2.05) is 12.1 Å². The van der Waals surface area contributed by atoms with Crippen LogP contribution in [0.3, 0.4) is 0 Å². The molecular formula is C52H78O4. The molecule has 3 saturated carbocycles. The summed E-state index contributed by atoms with van der Waals surface area (Å²) < 4.78 is 17.4. The minimum atomic E-state index is 0.0382. The summed E-state index contributed by atoms with van der Waals surface area (Å²) in [5, 5.41) is 0. The fraction of sp³-hybridized carbons (Fsp3) is 0.712. The maximum Gasteiger partial charge on any atom is 0.306 e. The second-order valence-corrected chi connectivity index (χ2v) is 19.7. The van der Waals surface area contributed by atoms with E-state index in [1.165, 1.54) is 107 Å². The highest BCUT2D eigenvalue weighted by molar-refractivity contribution is 5.69. The molecule has 0 spiro atoms. The van der Waals surface area contributed by atoms with Gasteiger partial charge in [-0.1, -0.05) is 135 Å². The van der Waals surface area contributed by atoms with Gasteiger partial charge in [0.15, 0.2) is 0 Å². The lowest BCUT2D eigenvalue weighted by atomic mass is 9.47. The summed E-state index contributed by atoms with van der Waals surface area (Å²) in [6.07, 6.45) is 28.5. The molecule has 2 aromatic carbocycles. The summed E-state index contributed by atoms with van der Waals surface area (Å²) in [6.45, 7) is 13.4. The molecule has 0 N–H and O–H groups in total. The van der Waals surface area contributed by atoms with Crippen molar-refractivity contribution >= 4 is 5.97 Å². The number of carbonyl (C=O) groups excluding carboxylic acids is 1. The lowest BCUT2D eigenvalue weighted by Crippen LogP contribution is -2.51. The Morgan fingerprint density at radius 1 is 0.714 bits per heavy atom. The topological polar surface area (TPSA) is 44.8 Å². The van der Waals surface area contributed by atoms with Crippen LogP contribution >= 0.6 is 0 Å². The lowest BCUT2D eigenvalue weighted by molar-refractivity contribution is -0.151. The molecule has 0 unspecified atom stereocenters. The third-order valence-corrected chi connectivity index (χ3v) is 15.6. The first-order valence-electron chi connectivity index (χ1n) is 23.4. The predicted octanol–water partition coefficient (Wildman–Crippen LogP) is 14.6. The summed E-state index contributed by atoms with van der Waals surface area (Å²) in [6, 6.07) is 16.5. The van der Waals surface area contributed by atoms with Crippen molar-refractivity contribution in [2.45, 2.75) is 176 Å². The lowest BCUT2D eigenvalue weighted by Gasteiger charge is -2.58. The molecule has 4 aliphatic rings. The summed E-state index contributed by atoms with van der Waals surface area (Å²) in [5.41, 5.74) is 4.85. The minimum absolute atomic E-state index is 0.0382. The predicted molar refractivity (Wildman–Crippen MR) is 233 cm³/mol. The van der Waals surface area contributed by atoms with Crippen molar-refractivity contribution in [1.82, 2.24) is 0 Å². The Labute approximate surface area is 342 Å². The average Bonchev–Trinajstić information content (AvgIpc) is 3.56. The fourth-order valence-electron chi connectivity index (χ4n) is 12.3. The number of fused-ring (bicyclic) bond motifs is 5. The monoisotopic (exact) mass is 767 g/mol. The number of carbonyl (C=O) groups is 1. The number of rotatable bonds is 21. The van der Waals surface area contributed by atoms with Gasteiger partial charge in [0.25, 0.3) is 0 Å². The zero-order chi connectivity index (χ0) is 39.5. The quantitative estimate of drug-likeness (QED) is 0.0721. The summed E-state index contributed by atoms with van der Waals surface area (Å²) >= 11 is 0.